The molecule has 1 atom stereocenters. The number of anilines is 1. The maximum Gasteiger partial charge on any atom is 0.263 e. The van der Waals surface area contributed by atoms with Gasteiger partial charge in [0.2, 0.25) is 0 Å². The number of hydrogen-bond acceptors (Lipinski definition) is 5. The number of aromatic nitrogens is 1. The van der Waals surface area contributed by atoms with Gasteiger partial charge in [-0.3, -0.25) is 9.78 Å². The van der Waals surface area contributed by atoms with Crippen molar-refractivity contribution in [1.82, 2.24) is 15.2 Å². The van der Waals surface area contributed by atoms with Crippen LogP contribution in [0, 0.1) is 0 Å². The van der Waals surface area contributed by atoms with E-state index in [1.54, 1.807) is 6.20 Å². The molecule has 0 aromatic carbocycles. The van der Waals surface area contributed by atoms with E-state index in [2.05, 4.69) is 22.2 Å². The zero-order valence-corrected chi connectivity index (χ0v) is 12.2. The number of thiophene rings is 1. The summed E-state index contributed by atoms with van der Waals surface area (Å²) < 4.78 is 0.955. The van der Waals surface area contributed by atoms with Crippen molar-refractivity contribution in [1.29, 1.82) is 0 Å². The van der Waals surface area contributed by atoms with E-state index in [0.717, 1.165) is 36.1 Å². The summed E-state index contributed by atoms with van der Waals surface area (Å²) in [6.07, 6.45) is 3.84. The zero-order valence-electron chi connectivity index (χ0n) is 11.4. The Labute approximate surface area is 121 Å². The molecule has 1 amide bonds. The lowest BCUT2D eigenvalue weighted by Crippen LogP contribution is -2.46. The highest BCUT2D eigenvalue weighted by Crippen LogP contribution is 2.31. The van der Waals surface area contributed by atoms with Gasteiger partial charge in [0.1, 0.15) is 10.4 Å². The van der Waals surface area contributed by atoms with Crippen LogP contribution in [-0.2, 0) is 0 Å². The number of amides is 1. The van der Waals surface area contributed by atoms with Gasteiger partial charge in [0.05, 0.1) is 10.4 Å². The molecule has 20 heavy (non-hydrogen) atoms. The van der Waals surface area contributed by atoms with Crippen molar-refractivity contribution in [2.24, 2.45) is 0 Å². The second kappa shape index (κ2) is 5.38. The molecule has 1 aliphatic heterocycles. The SMILES string of the molecule is CN1CCCC(NC(=O)c2sc3cccnc3c2N)C1. The van der Waals surface area contributed by atoms with Crippen LogP contribution in [0.2, 0.25) is 0 Å². The summed E-state index contributed by atoms with van der Waals surface area (Å²) in [5.41, 5.74) is 7.27. The molecular weight excluding hydrogens is 272 g/mol. The van der Waals surface area contributed by atoms with Crippen LogP contribution in [0.1, 0.15) is 22.5 Å². The number of pyridine rings is 1. The second-order valence-corrected chi connectivity index (χ2v) is 6.32. The molecule has 1 fully saturated rings. The van der Waals surface area contributed by atoms with E-state index < -0.39 is 0 Å². The molecule has 3 rings (SSSR count). The Hall–Kier alpha value is -1.66. The van der Waals surface area contributed by atoms with Gasteiger partial charge in [-0.15, -0.1) is 11.3 Å². The first-order chi connectivity index (χ1) is 9.65. The highest BCUT2D eigenvalue weighted by Gasteiger charge is 2.22. The van der Waals surface area contributed by atoms with E-state index in [0.29, 0.717) is 10.6 Å². The number of nitrogens with one attached hydrogen (secondary N) is 1. The van der Waals surface area contributed by atoms with Gasteiger partial charge in [0.25, 0.3) is 5.91 Å². The van der Waals surface area contributed by atoms with Gasteiger partial charge in [-0.25, -0.2) is 0 Å². The second-order valence-electron chi connectivity index (χ2n) is 5.27. The molecule has 5 nitrogen and oxygen atoms in total. The summed E-state index contributed by atoms with van der Waals surface area (Å²) in [5.74, 6) is -0.0780. The quantitative estimate of drug-likeness (QED) is 0.883. The molecule has 0 aliphatic carbocycles. The topological polar surface area (TPSA) is 71.2 Å². The Bertz CT molecular complexity index is 639. The number of likely N-dealkylation sites (tertiary alicyclic amines) is 1. The summed E-state index contributed by atoms with van der Waals surface area (Å²) in [6, 6.07) is 4.00. The molecule has 1 saturated heterocycles. The Morgan fingerprint density at radius 1 is 1.60 bits per heavy atom. The molecule has 0 spiro atoms. The normalized spacial score (nSPS) is 20.1. The third kappa shape index (κ3) is 2.48. The van der Waals surface area contributed by atoms with Crippen LogP contribution in [0.5, 0.6) is 0 Å². The maximum atomic E-state index is 12.4. The largest absolute Gasteiger partial charge is 0.396 e. The number of fused-ring (bicyclic) bond motifs is 1. The van der Waals surface area contributed by atoms with Crippen molar-refractivity contribution < 1.29 is 4.79 Å². The summed E-state index contributed by atoms with van der Waals surface area (Å²) in [7, 11) is 2.08. The predicted molar refractivity (Wildman–Crippen MR) is 82.0 cm³/mol. The molecule has 2 aromatic rings. The van der Waals surface area contributed by atoms with Crippen LogP contribution in [-0.4, -0.2) is 42.0 Å². The number of rotatable bonds is 2. The van der Waals surface area contributed by atoms with Crippen LogP contribution in [0.3, 0.4) is 0 Å². The number of likely N-dealkylation sites (N-methyl/N-ethyl adjacent to an activating group) is 1. The van der Waals surface area contributed by atoms with E-state index >= 15 is 0 Å². The molecule has 106 valence electrons. The van der Waals surface area contributed by atoms with Crippen LogP contribution >= 0.6 is 11.3 Å². The molecule has 0 bridgehead atoms. The number of nitrogens with zero attached hydrogens (tertiary/aromatic N) is 2. The van der Waals surface area contributed by atoms with Crippen LogP contribution in [0.4, 0.5) is 5.69 Å². The zero-order chi connectivity index (χ0) is 14.1. The molecule has 0 radical (unpaired) electrons. The van der Waals surface area contributed by atoms with Gasteiger partial charge < -0.3 is 16.0 Å². The van der Waals surface area contributed by atoms with Crippen LogP contribution in [0.25, 0.3) is 10.2 Å². The standard InChI is InChI=1S/C14H18N4OS/c1-18-7-3-4-9(8-18)17-14(19)13-11(15)12-10(20-13)5-2-6-16-12/h2,5-6,9H,3-4,7-8,15H2,1H3,(H,17,19). The summed E-state index contributed by atoms with van der Waals surface area (Å²) >= 11 is 1.41. The van der Waals surface area contributed by atoms with Crippen molar-refractivity contribution in [3.05, 3.63) is 23.2 Å². The van der Waals surface area contributed by atoms with E-state index in [1.165, 1.54) is 11.3 Å². The minimum absolute atomic E-state index is 0.0780. The van der Waals surface area contributed by atoms with Gasteiger partial charge in [-0.2, -0.15) is 0 Å². The van der Waals surface area contributed by atoms with Gasteiger partial charge in [-0.05, 0) is 38.6 Å². The van der Waals surface area contributed by atoms with Gasteiger partial charge in [0, 0.05) is 18.8 Å². The molecule has 3 heterocycles. The summed E-state index contributed by atoms with van der Waals surface area (Å²) in [6.45, 7) is 2.00. The first-order valence-electron chi connectivity index (χ1n) is 6.77. The third-order valence-electron chi connectivity index (χ3n) is 3.65. The average Bonchev–Trinajstić information content (AvgIpc) is 2.77. The average molecular weight is 290 g/mol. The maximum absolute atomic E-state index is 12.4. The summed E-state index contributed by atoms with van der Waals surface area (Å²) in [4.78, 5) is 19.4. The molecule has 1 unspecified atom stereocenters. The Morgan fingerprint density at radius 2 is 2.45 bits per heavy atom. The molecular formula is C14H18N4OS. The molecule has 6 heteroatoms. The summed E-state index contributed by atoms with van der Waals surface area (Å²) in [5, 5.41) is 3.09. The van der Waals surface area contributed by atoms with Gasteiger partial charge in [0.15, 0.2) is 0 Å². The lowest BCUT2D eigenvalue weighted by atomic mass is 10.1. The van der Waals surface area contributed by atoms with E-state index in [1.807, 2.05) is 12.1 Å². The Balaban J connectivity index is 1.80. The Morgan fingerprint density at radius 3 is 3.20 bits per heavy atom. The van der Waals surface area contributed by atoms with Gasteiger partial charge >= 0.3 is 0 Å². The fourth-order valence-corrected chi connectivity index (χ4v) is 3.64. The van der Waals surface area contributed by atoms with E-state index in [-0.39, 0.29) is 11.9 Å². The minimum Gasteiger partial charge on any atom is -0.396 e. The van der Waals surface area contributed by atoms with Crippen molar-refractivity contribution >= 4 is 33.1 Å². The molecule has 2 aromatic heterocycles. The number of hydrogen-bond donors (Lipinski definition) is 2. The first-order valence-corrected chi connectivity index (χ1v) is 7.59. The van der Waals surface area contributed by atoms with Crippen molar-refractivity contribution in [3.8, 4) is 0 Å². The van der Waals surface area contributed by atoms with Crippen molar-refractivity contribution in [2.45, 2.75) is 18.9 Å². The van der Waals surface area contributed by atoms with Crippen molar-refractivity contribution in [2.75, 3.05) is 25.9 Å². The monoisotopic (exact) mass is 290 g/mol. The molecule has 0 saturated carbocycles. The van der Waals surface area contributed by atoms with Gasteiger partial charge in [-0.1, -0.05) is 0 Å². The molecule has 3 N–H and O–H groups in total. The van der Waals surface area contributed by atoms with Crippen LogP contribution in [0.15, 0.2) is 18.3 Å². The fourth-order valence-electron chi connectivity index (χ4n) is 2.65. The lowest BCUT2D eigenvalue weighted by molar-refractivity contribution is 0.0917. The minimum atomic E-state index is -0.0780. The lowest BCUT2D eigenvalue weighted by Gasteiger charge is -2.30. The van der Waals surface area contributed by atoms with E-state index in [9.17, 15) is 4.79 Å². The highest BCUT2D eigenvalue weighted by molar-refractivity contribution is 7.21. The smallest absolute Gasteiger partial charge is 0.263 e. The third-order valence-corrected chi connectivity index (χ3v) is 4.81. The number of carbonyl (C=O) groups is 1. The number of carbonyl (C=O) groups excluding carboxylic acids is 1. The Kier molecular flexibility index (Phi) is 3.58. The van der Waals surface area contributed by atoms with E-state index in [4.69, 9.17) is 5.73 Å². The highest BCUT2D eigenvalue weighted by atomic mass is 32.1. The van der Waals surface area contributed by atoms with Crippen molar-refractivity contribution in [3.63, 3.8) is 0 Å². The number of nitrogens with two attached hydrogens (primary N) is 1. The first kappa shape index (κ1) is 13.3. The number of nitrogen functional groups attached to an aromatic ring is 1. The predicted octanol–water partition coefficient (Wildman–Crippen LogP) is 1.70. The van der Waals surface area contributed by atoms with Crippen LogP contribution < -0.4 is 11.1 Å². The fraction of sp³-hybridized carbons (Fsp3) is 0.429. The number of piperidine rings is 1. The molecule has 1 aliphatic rings.